The summed E-state index contributed by atoms with van der Waals surface area (Å²) in [5, 5.41) is 0. The third-order valence-corrected chi connectivity index (χ3v) is 4.36. The Bertz CT molecular complexity index is 561. The van der Waals surface area contributed by atoms with E-state index in [1.165, 1.54) is 12.1 Å². The van der Waals surface area contributed by atoms with Gasteiger partial charge in [-0.1, -0.05) is 0 Å². The number of ether oxygens (including phenoxy) is 1. The molecular weight excluding hydrogens is 393 g/mol. The zero-order valence-electron chi connectivity index (χ0n) is 11.6. The van der Waals surface area contributed by atoms with Gasteiger partial charge in [0.25, 0.3) is 0 Å². The number of carbonyl (C=O) groups is 1. The summed E-state index contributed by atoms with van der Waals surface area (Å²) in [5.41, 5.74) is -0.563. The number of halogens is 1. The second-order valence-electron chi connectivity index (χ2n) is 5.19. The number of esters is 1. The molecule has 0 aromatic heterocycles. The maximum Gasteiger partial charge on any atom is 0.307 e. The van der Waals surface area contributed by atoms with Gasteiger partial charge in [-0.2, -0.15) is 0 Å². The summed E-state index contributed by atoms with van der Waals surface area (Å²) >= 11 is 2.10. The molecule has 0 atom stereocenters. The maximum atomic E-state index is 11.9. The Labute approximate surface area is 133 Å². The predicted molar refractivity (Wildman–Crippen MR) is 84.8 cm³/mol. The summed E-state index contributed by atoms with van der Waals surface area (Å²) in [6, 6.07) is 6.47. The minimum atomic E-state index is -3.58. The van der Waals surface area contributed by atoms with Gasteiger partial charge in [-0.15, -0.1) is 0 Å². The highest BCUT2D eigenvalue weighted by atomic mass is 127. The van der Waals surface area contributed by atoms with Crippen molar-refractivity contribution in [2.24, 2.45) is 0 Å². The quantitative estimate of drug-likeness (QED) is 0.596. The predicted octanol–water partition coefficient (Wildman–Crippen LogP) is 2.30. The highest BCUT2D eigenvalue weighted by molar-refractivity contribution is 14.1. The van der Waals surface area contributed by atoms with E-state index in [9.17, 15) is 13.2 Å². The van der Waals surface area contributed by atoms with E-state index in [1.807, 2.05) is 0 Å². The van der Waals surface area contributed by atoms with E-state index in [-0.39, 0.29) is 17.9 Å². The normalized spacial score (nSPS) is 12.2. The van der Waals surface area contributed by atoms with E-state index >= 15 is 0 Å². The minimum absolute atomic E-state index is 0.000861. The van der Waals surface area contributed by atoms with Gasteiger partial charge in [0.05, 0.1) is 11.3 Å². The lowest BCUT2D eigenvalue weighted by Gasteiger charge is -2.19. The number of nitrogens with one attached hydrogen (secondary N) is 1. The van der Waals surface area contributed by atoms with Crippen molar-refractivity contribution in [3.05, 3.63) is 27.8 Å². The Hall–Kier alpha value is -0.670. The molecule has 0 bridgehead atoms. The molecule has 0 aliphatic heterocycles. The number of sulfonamides is 1. The van der Waals surface area contributed by atoms with E-state index in [2.05, 4.69) is 27.3 Å². The summed E-state index contributed by atoms with van der Waals surface area (Å²) in [4.78, 5) is 11.7. The van der Waals surface area contributed by atoms with Crippen molar-refractivity contribution in [3.8, 4) is 0 Å². The van der Waals surface area contributed by atoms with Crippen LogP contribution in [0.4, 0.5) is 0 Å². The van der Waals surface area contributed by atoms with Gasteiger partial charge in [-0.05, 0) is 67.6 Å². The lowest BCUT2D eigenvalue weighted by molar-refractivity contribution is -0.154. The Kier molecular flexibility index (Phi) is 5.96. The van der Waals surface area contributed by atoms with E-state index < -0.39 is 21.6 Å². The molecule has 0 amide bonds. The zero-order valence-corrected chi connectivity index (χ0v) is 14.6. The van der Waals surface area contributed by atoms with Crippen LogP contribution in [0, 0.1) is 3.57 Å². The minimum Gasteiger partial charge on any atom is -0.460 e. The van der Waals surface area contributed by atoms with Gasteiger partial charge in [-0.25, -0.2) is 13.1 Å². The molecule has 20 heavy (non-hydrogen) atoms. The second kappa shape index (κ2) is 6.86. The van der Waals surface area contributed by atoms with Crippen LogP contribution < -0.4 is 4.72 Å². The van der Waals surface area contributed by atoms with Gasteiger partial charge in [0, 0.05) is 10.1 Å². The first-order chi connectivity index (χ1) is 9.10. The fourth-order valence-corrected chi connectivity index (χ4v) is 2.77. The smallest absolute Gasteiger partial charge is 0.307 e. The molecular formula is C13H18INO4S. The van der Waals surface area contributed by atoms with Crippen LogP contribution in [0.2, 0.25) is 0 Å². The van der Waals surface area contributed by atoms with Crippen molar-refractivity contribution in [3.63, 3.8) is 0 Å². The third kappa shape index (κ3) is 6.19. The van der Waals surface area contributed by atoms with Crippen LogP contribution in [0.3, 0.4) is 0 Å². The maximum absolute atomic E-state index is 11.9. The molecule has 0 heterocycles. The molecule has 1 rings (SSSR count). The summed E-state index contributed by atoms with van der Waals surface area (Å²) in [6.07, 6.45) is 0.000861. The molecule has 0 radical (unpaired) electrons. The van der Waals surface area contributed by atoms with Crippen LogP contribution in [-0.4, -0.2) is 26.5 Å². The van der Waals surface area contributed by atoms with Crippen LogP contribution >= 0.6 is 22.6 Å². The van der Waals surface area contributed by atoms with Crippen molar-refractivity contribution in [1.29, 1.82) is 0 Å². The lowest BCUT2D eigenvalue weighted by atomic mass is 10.2. The monoisotopic (exact) mass is 411 g/mol. The Morgan fingerprint density at radius 2 is 1.80 bits per heavy atom. The fourth-order valence-electron chi connectivity index (χ4n) is 1.38. The molecule has 0 spiro atoms. The largest absolute Gasteiger partial charge is 0.460 e. The van der Waals surface area contributed by atoms with Gasteiger partial charge in [-0.3, -0.25) is 4.79 Å². The van der Waals surface area contributed by atoms with Gasteiger partial charge >= 0.3 is 5.97 Å². The number of hydrogen-bond donors (Lipinski definition) is 1. The number of carbonyl (C=O) groups excluding carboxylic acids is 1. The first-order valence-electron chi connectivity index (χ1n) is 6.07. The number of rotatable bonds is 5. The van der Waals surface area contributed by atoms with Crippen molar-refractivity contribution < 1.29 is 17.9 Å². The van der Waals surface area contributed by atoms with Crippen LogP contribution in [0.1, 0.15) is 27.2 Å². The molecule has 7 heteroatoms. The standard InChI is InChI=1S/C13H18INO4S/c1-13(2,3)19-12(16)8-9-15-20(17,18)11-6-4-10(14)5-7-11/h4-7,15H,8-9H2,1-3H3. The molecule has 0 aliphatic rings. The molecule has 0 saturated heterocycles. The summed E-state index contributed by atoms with van der Waals surface area (Å²) in [6.45, 7) is 5.31. The van der Waals surface area contributed by atoms with Crippen LogP contribution in [0.25, 0.3) is 0 Å². The second-order valence-corrected chi connectivity index (χ2v) is 8.20. The molecule has 0 unspecified atom stereocenters. The first-order valence-corrected chi connectivity index (χ1v) is 8.63. The molecule has 1 N–H and O–H groups in total. The van der Waals surface area contributed by atoms with Crippen LogP contribution in [0.15, 0.2) is 29.2 Å². The van der Waals surface area contributed by atoms with Gasteiger partial charge in [0.15, 0.2) is 0 Å². The SMILES string of the molecule is CC(C)(C)OC(=O)CCNS(=O)(=O)c1ccc(I)cc1. The molecule has 0 aliphatic carbocycles. The average Bonchev–Trinajstić information content (AvgIpc) is 2.26. The van der Waals surface area contributed by atoms with E-state index in [0.717, 1.165) is 3.57 Å². The Morgan fingerprint density at radius 1 is 1.25 bits per heavy atom. The van der Waals surface area contributed by atoms with E-state index in [1.54, 1.807) is 32.9 Å². The molecule has 112 valence electrons. The molecule has 1 aromatic rings. The molecule has 0 fully saturated rings. The Morgan fingerprint density at radius 3 is 2.30 bits per heavy atom. The summed E-state index contributed by atoms with van der Waals surface area (Å²) in [7, 11) is -3.58. The molecule has 0 saturated carbocycles. The van der Waals surface area contributed by atoms with Gasteiger partial charge in [0.1, 0.15) is 5.60 Å². The summed E-state index contributed by atoms with van der Waals surface area (Å²) in [5.74, 6) is -0.428. The number of benzene rings is 1. The van der Waals surface area contributed by atoms with Crippen LogP contribution in [0.5, 0.6) is 0 Å². The topological polar surface area (TPSA) is 72.5 Å². The fraction of sp³-hybridized carbons (Fsp3) is 0.462. The number of hydrogen-bond acceptors (Lipinski definition) is 4. The average molecular weight is 411 g/mol. The Balaban J connectivity index is 2.53. The van der Waals surface area contributed by atoms with Crippen molar-refractivity contribution in [2.45, 2.75) is 37.7 Å². The first kappa shape index (κ1) is 17.4. The van der Waals surface area contributed by atoms with E-state index in [0.29, 0.717) is 0 Å². The van der Waals surface area contributed by atoms with Gasteiger partial charge < -0.3 is 4.74 Å². The van der Waals surface area contributed by atoms with Crippen molar-refractivity contribution >= 4 is 38.6 Å². The zero-order chi connectivity index (χ0) is 15.4. The summed E-state index contributed by atoms with van der Waals surface area (Å²) < 4.78 is 32.3. The molecule has 5 nitrogen and oxygen atoms in total. The highest BCUT2D eigenvalue weighted by Crippen LogP contribution is 2.12. The lowest BCUT2D eigenvalue weighted by Crippen LogP contribution is -2.29. The molecule has 1 aromatic carbocycles. The third-order valence-electron chi connectivity index (χ3n) is 2.17. The van der Waals surface area contributed by atoms with Crippen molar-refractivity contribution in [1.82, 2.24) is 4.72 Å². The van der Waals surface area contributed by atoms with E-state index in [4.69, 9.17) is 4.74 Å². The highest BCUT2D eigenvalue weighted by Gasteiger charge is 2.18. The van der Waals surface area contributed by atoms with Gasteiger partial charge in [0.2, 0.25) is 10.0 Å². The van der Waals surface area contributed by atoms with Crippen molar-refractivity contribution in [2.75, 3.05) is 6.54 Å². The van der Waals surface area contributed by atoms with Crippen LogP contribution in [-0.2, 0) is 19.6 Å².